The van der Waals surface area contributed by atoms with Gasteiger partial charge in [0.1, 0.15) is 0 Å². The van der Waals surface area contributed by atoms with E-state index in [0.717, 1.165) is 5.69 Å². The van der Waals surface area contributed by atoms with Gasteiger partial charge in [-0.1, -0.05) is 23.2 Å². The Kier molecular flexibility index (Phi) is 5.70. The molecule has 0 aliphatic heterocycles. The van der Waals surface area contributed by atoms with Crippen LogP contribution in [0.4, 0.5) is 11.4 Å². The second kappa shape index (κ2) is 7.55. The molecule has 0 aliphatic carbocycles. The zero-order valence-corrected chi connectivity index (χ0v) is 14.9. The molecule has 2 amide bonds. The highest BCUT2D eigenvalue weighted by atomic mass is 35.5. The van der Waals surface area contributed by atoms with Gasteiger partial charge in [-0.25, -0.2) is 0 Å². The molecule has 2 aromatic rings. The Morgan fingerprint density at radius 1 is 1.08 bits per heavy atom. The van der Waals surface area contributed by atoms with Crippen LogP contribution in [0.5, 0.6) is 5.75 Å². The minimum atomic E-state index is -0.353. The van der Waals surface area contributed by atoms with E-state index in [1.165, 1.54) is 31.1 Å². The number of methoxy groups -OCH3 is 1. The van der Waals surface area contributed by atoms with E-state index < -0.39 is 0 Å². The van der Waals surface area contributed by atoms with Crippen molar-refractivity contribution in [3.05, 3.63) is 52.0 Å². The number of halogens is 2. The lowest BCUT2D eigenvalue weighted by Gasteiger charge is -2.15. The number of amides is 2. The molecule has 0 spiro atoms. The van der Waals surface area contributed by atoms with E-state index in [4.69, 9.17) is 27.9 Å². The van der Waals surface area contributed by atoms with Crippen molar-refractivity contribution in [3.8, 4) is 5.75 Å². The smallest absolute Gasteiger partial charge is 0.255 e. The van der Waals surface area contributed by atoms with Crippen LogP contribution in [0.2, 0.25) is 10.0 Å². The Hall–Kier alpha value is -2.24. The monoisotopic (exact) mass is 366 g/mol. The predicted molar refractivity (Wildman–Crippen MR) is 96.5 cm³/mol. The number of hydrogen-bond acceptors (Lipinski definition) is 3. The van der Waals surface area contributed by atoms with Gasteiger partial charge in [-0.3, -0.25) is 9.59 Å². The number of carbonyl (C=O) groups excluding carboxylic acids is 2. The van der Waals surface area contributed by atoms with Crippen LogP contribution in [0.15, 0.2) is 36.4 Å². The van der Waals surface area contributed by atoms with E-state index in [1.54, 1.807) is 31.3 Å². The quantitative estimate of drug-likeness (QED) is 0.880. The molecule has 0 radical (unpaired) electrons. The fourth-order valence-electron chi connectivity index (χ4n) is 2.04. The molecule has 0 saturated heterocycles. The number of nitrogens with one attached hydrogen (secondary N) is 1. The van der Waals surface area contributed by atoms with Crippen LogP contribution in [-0.4, -0.2) is 26.0 Å². The number of hydrogen-bond donors (Lipinski definition) is 1. The Morgan fingerprint density at radius 3 is 2.08 bits per heavy atom. The van der Waals surface area contributed by atoms with Gasteiger partial charge in [0.25, 0.3) is 5.91 Å². The molecule has 0 atom stereocenters. The van der Waals surface area contributed by atoms with Crippen molar-refractivity contribution in [1.82, 2.24) is 0 Å². The number of ether oxygens (including phenoxy) is 1. The Bertz CT molecular complexity index is 753. The van der Waals surface area contributed by atoms with E-state index in [9.17, 15) is 9.59 Å². The summed E-state index contributed by atoms with van der Waals surface area (Å²) in [5.41, 5.74) is 1.63. The minimum absolute atomic E-state index is 0.0747. The van der Waals surface area contributed by atoms with E-state index in [0.29, 0.717) is 17.0 Å². The minimum Gasteiger partial charge on any atom is -0.494 e. The molecular formula is C17H16Cl2N2O3. The Labute approximate surface area is 150 Å². The summed E-state index contributed by atoms with van der Waals surface area (Å²) < 4.78 is 5.06. The van der Waals surface area contributed by atoms with E-state index in [1.807, 2.05) is 0 Å². The van der Waals surface area contributed by atoms with Crippen molar-refractivity contribution < 1.29 is 14.3 Å². The highest BCUT2D eigenvalue weighted by molar-refractivity contribution is 6.37. The first-order chi connectivity index (χ1) is 11.3. The van der Waals surface area contributed by atoms with Gasteiger partial charge in [0, 0.05) is 30.9 Å². The third-order valence-corrected chi connectivity index (χ3v) is 4.01. The van der Waals surface area contributed by atoms with Crippen LogP contribution in [0.25, 0.3) is 0 Å². The molecule has 0 saturated carbocycles. The number of carbonyl (C=O) groups is 2. The molecule has 0 bridgehead atoms. The fourth-order valence-corrected chi connectivity index (χ4v) is 2.68. The van der Waals surface area contributed by atoms with Crippen LogP contribution in [-0.2, 0) is 4.79 Å². The van der Waals surface area contributed by atoms with Crippen molar-refractivity contribution in [1.29, 1.82) is 0 Å². The summed E-state index contributed by atoms with van der Waals surface area (Å²) in [7, 11) is 3.13. The second-order valence-corrected chi connectivity index (χ2v) is 5.87. The van der Waals surface area contributed by atoms with Gasteiger partial charge in [-0.05, 0) is 36.4 Å². The van der Waals surface area contributed by atoms with Crippen molar-refractivity contribution in [2.24, 2.45) is 0 Å². The molecule has 0 heterocycles. The first-order valence-corrected chi connectivity index (χ1v) is 7.78. The summed E-state index contributed by atoms with van der Waals surface area (Å²) >= 11 is 12.1. The molecule has 7 heteroatoms. The van der Waals surface area contributed by atoms with Gasteiger partial charge in [0.15, 0.2) is 5.75 Å². The van der Waals surface area contributed by atoms with Crippen molar-refractivity contribution in [2.75, 3.05) is 24.4 Å². The fraction of sp³-hybridized carbons (Fsp3) is 0.176. The largest absolute Gasteiger partial charge is 0.494 e. The highest BCUT2D eigenvalue weighted by Gasteiger charge is 2.14. The summed E-state index contributed by atoms with van der Waals surface area (Å²) in [6, 6.07) is 9.87. The van der Waals surface area contributed by atoms with E-state index >= 15 is 0 Å². The average molecular weight is 367 g/mol. The zero-order valence-electron chi connectivity index (χ0n) is 13.4. The van der Waals surface area contributed by atoms with Crippen molar-refractivity contribution in [2.45, 2.75) is 6.92 Å². The lowest BCUT2D eigenvalue weighted by atomic mass is 10.2. The van der Waals surface area contributed by atoms with Crippen LogP contribution in [0, 0.1) is 0 Å². The molecule has 0 aliphatic rings. The number of rotatable bonds is 4. The Morgan fingerprint density at radius 2 is 1.62 bits per heavy atom. The second-order valence-electron chi connectivity index (χ2n) is 5.05. The van der Waals surface area contributed by atoms with E-state index in [2.05, 4.69) is 5.32 Å². The normalized spacial score (nSPS) is 10.2. The summed E-state index contributed by atoms with van der Waals surface area (Å²) in [6.07, 6.45) is 0. The molecule has 2 rings (SSSR count). The highest BCUT2D eigenvalue weighted by Crippen LogP contribution is 2.34. The van der Waals surface area contributed by atoms with Gasteiger partial charge in [0.05, 0.1) is 17.2 Å². The lowest BCUT2D eigenvalue weighted by molar-refractivity contribution is -0.116. The molecule has 2 aromatic carbocycles. The topological polar surface area (TPSA) is 58.6 Å². The van der Waals surface area contributed by atoms with Gasteiger partial charge < -0.3 is 15.0 Å². The molecule has 0 fully saturated rings. The molecule has 1 N–H and O–H groups in total. The SMILES string of the molecule is COc1c(Cl)cc(C(=O)Nc2ccc(N(C)C(C)=O)cc2)cc1Cl. The van der Waals surface area contributed by atoms with Crippen LogP contribution in [0.3, 0.4) is 0 Å². The van der Waals surface area contributed by atoms with Crippen LogP contribution in [0.1, 0.15) is 17.3 Å². The van der Waals surface area contributed by atoms with E-state index in [-0.39, 0.29) is 21.9 Å². The van der Waals surface area contributed by atoms with Gasteiger partial charge in [-0.2, -0.15) is 0 Å². The summed E-state index contributed by atoms with van der Waals surface area (Å²) in [5, 5.41) is 3.26. The van der Waals surface area contributed by atoms with Gasteiger partial charge in [-0.15, -0.1) is 0 Å². The van der Waals surface area contributed by atoms with Gasteiger partial charge in [0.2, 0.25) is 5.91 Å². The predicted octanol–water partition coefficient (Wildman–Crippen LogP) is 4.24. The first-order valence-electron chi connectivity index (χ1n) is 7.02. The average Bonchev–Trinajstić information content (AvgIpc) is 2.54. The molecule has 0 unspecified atom stereocenters. The first kappa shape index (κ1) is 18.1. The standard InChI is InChI=1S/C17H16Cl2N2O3/c1-10(22)21(2)13-6-4-12(5-7-13)20-17(23)11-8-14(18)16(24-3)15(19)9-11/h4-9H,1-3H3,(H,20,23). The molecule has 24 heavy (non-hydrogen) atoms. The zero-order chi connectivity index (χ0) is 17.9. The maximum atomic E-state index is 12.3. The van der Waals surface area contributed by atoms with Crippen molar-refractivity contribution >= 4 is 46.4 Å². The van der Waals surface area contributed by atoms with Crippen LogP contribution >= 0.6 is 23.2 Å². The lowest BCUT2D eigenvalue weighted by Crippen LogP contribution is -2.22. The number of benzene rings is 2. The summed E-state index contributed by atoms with van der Waals surface area (Å²) in [4.78, 5) is 25.1. The van der Waals surface area contributed by atoms with Crippen molar-refractivity contribution in [3.63, 3.8) is 0 Å². The van der Waals surface area contributed by atoms with Crippen LogP contribution < -0.4 is 15.0 Å². The summed E-state index contributed by atoms with van der Waals surface area (Å²) in [6.45, 7) is 1.48. The molecule has 5 nitrogen and oxygen atoms in total. The maximum Gasteiger partial charge on any atom is 0.255 e. The number of anilines is 2. The maximum absolute atomic E-state index is 12.3. The number of nitrogens with zero attached hydrogens (tertiary/aromatic N) is 1. The molecule has 0 aromatic heterocycles. The third kappa shape index (κ3) is 3.99. The summed E-state index contributed by atoms with van der Waals surface area (Å²) in [5.74, 6) is -0.102. The molecular weight excluding hydrogens is 351 g/mol. The Balaban J connectivity index is 2.17. The molecule has 126 valence electrons. The third-order valence-electron chi connectivity index (χ3n) is 3.45. The van der Waals surface area contributed by atoms with Gasteiger partial charge >= 0.3 is 0 Å².